The lowest BCUT2D eigenvalue weighted by Gasteiger charge is -2.03. The number of hydrogen-bond acceptors (Lipinski definition) is 2. The molecule has 0 fully saturated rings. The molecule has 1 aromatic heterocycles. The molecule has 0 aliphatic rings. The molecule has 0 aliphatic heterocycles. The van der Waals surface area contributed by atoms with Gasteiger partial charge in [0, 0.05) is 0 Å². The zero-order chi connectivity index (χ0) is 8.27. The maximum absolute atomic E-state index is 5.73. The Morgan fingerprint density at radius 1 is 1.91 bits per heavy atom. The molecule has 3 N–H and O–H groups in total. The van der Waals surface area contributed by atoms with Crippen LogP contribution < -0.4 is 5.73 Å². The van der Waals surface area contributed by atoms with Crippen molar-refractivity contribution < 1.29 is 0 Å². The SMILES string of the molecule is C=CCC(N)c1ncc(Br)[nH]1. The van der Waals surface area contributed by atoms with Crippen LogP contribution in [0.3, 0.4) is 0 Å². The molecule has 60 valence electrons. The number of halogens is 1. The van der Waals surface area contributed by atoms with E-state index in [0.717, 1.165) is 16.8 Å². The highest BCUT2D eigenvalue weighted by Crippen LogP contribution is 2.12. The Morgan fingerprint density at radius 3 is 3.09 bits per heavy atom. The lowest BCUT2D eigenvalue weighted by atomic mass is 10.2. The number of imidazole rings is 1. The van der Waals surface area contributed by atoms with Gasteiger partial charge in [-0.3, -0.25) is 0 Å². The summed E-state index contributed by atoms with van der Waals surface area (Å²) < 4.78 is 0.854. The summed E-state index contributed by atoms with van der Waals surface area (Å²) in [7, 11) is 0. The third-order valence-corrected chi connectivity index (χ3v) is 1.74. The number of hydrogen-bond donors (Lipinski definition) is 2. The number of nitrogens with one attached hydrogen (secondary N) is 1. The van der Waals surface area contributed by atoms with E-state index in [1.807, 2.05) is 0 Å². The molecular weight excluding hydrogens is 206 g/mol. The fraction of sp³-hybridized carbons (Fsp3) is 0.286. The van der Waals surface area contributed by atoms with E-state index < -0.39 is 0 Å². The summed E-state index contributed by atoms with van der Waals surface area (Å²) in [4.78, 5) is 7.05. The van der Waals surface area contributed by atoms with E-state index in [1.165, 1.54) is 0 Å². The second-order valence-corrected chi connectivity index (χ2v) is 3.10. The molecule has 4 heteroatoms. The number of rotatable bonds is 3. The van der Waals surface area contributed by atoms with Crippen LogP contribution in [-0.2, 0) is 0 Å². The van der Waals surface area contributed by atoms with Gasteiger partial charge in [0.2, 0.25) is 0 Å². The molecule has 0 saturated heterocycles. The van der Waals surface area contributed by atoms with Gasteiger partial charge in [0.05, 0.1) is 12.2 Å². The molecule has 1 atom stereocenters. The number of H-pyrrole nitrogens is 1. The second kappa shape index (κ2) is 3.69. The van der Waals surface area contributed by atoms with Crippen LogP contribution in [0, 0.1) is 0 Å². The summed E-state index contributed by atoms with van der Waals surface area (Å²) in [5.74, 6) is 0.789. The summed E-state index contributed by atoms with van der Waals surface area (Å²) >= 11 is 3.25. The Morgan fingerprint density at radius 2 is 2.64 bits per heavy atom. The maximum atomic E-state index is 5.73. The van der Waals surface area contributed by atoms with Gasteiger partial charge in [0.15, 0.2) is 0 Å². The summed E-state index contributed by atoms with van der Waals surface area (Å²) in [6.07, 6.45) is 4.21. The molecule has 3 nitrogen and oxygen atoms in total. The smallest absolute Gasteiger partial charge is 0.124 e. The first-order valence-corrected chi connectivity index (χ1v) is 4.10. The van der Waals surface area contributed by atoms with Gasteiger partial charge in [-0.15, -0.1) is 6.58 Å². The van der Waals surface area contributed by atoms with E-state index in [-0.39, 0.29) is 6.04 Å². The second-order valence-electron chi connectivity index (χ2n) is 2.25. The first-order chi connectivity index (χ1) is 5.24. The highest BCUT2D eigenvalue weighted by molar-refractivity contribution is 9.10. The lowest BCUT2D eigenvalue weighted by Crippen LogP contribution is -2.10. The first kappa shape index (κ1) is 8.49. The van der Waals surface area contributed by atoms with Crippen molar-refractivity contribution >= 4 is 15.9 Å². The molecule has 0 aliphatic carbocycles. The minimum Gasteiger partial charge on any atom is -0.335 e. The quantitative estimate of drug-likeness (QED) is 0.756. The zero-order valence-corrected chi connectivity index (χ0v) is 7.63. The van der Waals surface area contributed by atoms with Crippen LogP contribution in [0.5, 0.6) is 0 Å². The van der Waals surface area contributed by atoms with Gasteiger partial charge >= 0.3 is 0 Å². The van der Waals surface area contributed by atoms with Crippen molar-refractivity contribution in [3.63, 3.8) is 0 Å². The normalized spacial score (nSPS) is 12.9. The van der Waals surface area contributed by atoms with Gasteiger partial charge in [0.1, 0.15) is 10.4 Å². The van der Waals surface area contributed by atoms with Crippen molar-refractivity contribution in [2.45, 2.75) is 12.5 Å². The van der Waals surface area contributed by atoms with Crippen LogP contribution in [0.2, 0.25) is 0 Å². The van der Waals surface area contributed by atoms with Gasteiger partial charge in [-0.05, 0) is 22.4 Å². The minimum atomic E-state index is -0.0706. The Hall–Kier alpha value is -0.610. The topological polar surface area (TPSA) is 54.7 Å². The molecule has 1 aromatic rings. The van der Waals surface area contributed by atoms with E-state index in [0.29, 0.717) is 0 Å². The largest absolute Gasteiger partial charge is 0.335 e. The Balaban J connectivity index is 2.67. The van der Waals surface area contributed by atoms with E-state index in [2.05, 4.69) is 32.5 Å². The van der Waals surface area contributed by atoms with Crippen LogP contribution in [0.15, 0.2) is 23.5 Å². The highest BCUT2D eigenvalue weighted by atomic mass is 79.9. The van der Waals surface area contributed by atoms with Crippen molar-refractivity contribution in [1.29, 1.82) is 0 Å². The van der Waals surface area contributed by atoms with Crippen molar-refractivity contribution in [2.24, 2.45) is 5.73 Å². The Labute approximate surface area is 73.8 Å². The monoisotopic (exact) mass is 215 g/mol. The van der Waals surface area contributed by atoms with Gasteiger partial charge in [-0.25, -0.2) is 4.98 Å². The molecule has 0 saturated carbocycles. The van der Waals surface area contributed by atoms with Crippen LogP contribution in [-0.4, -0.2) is 9.97 Å². The van der Waals surface area contributed by atoms with Gasteiger partial charge in [-0.1, -0.05) is 6.08 Å². The van der Waals surface area contributed by atoms with Crippen LogP contribution in [0.25, 0.3) is 0 Å². The first-order valence-electron chi connectivity index (χ1n) is 3.31. The number of aromatic amines is 1. The maximum Gasteiger partial charge on any atom is 0.124 e. The van der Waals surface area contributed by atoms with E-state index in [4.69, 9.17) is 5.73 Å². The van der Waals surface area contributed by atoms with E-state index >= 15 is 0 Å². The van der Waals surface area contributed by atoms with Crippen molar-refractivity contribution in [3.8, 4) is 0 Å². The molecule has 1 rings (SSSR count). The van der Waals surface area contributed by atoms with Crippen LogP contribution in [0.1, 0.15) is 18.3 Å². The highest BCUT2D eigenvalue weighted by Gasteiger charge is 2.06. The molecule has 0 amide bonds. The molecule has 0 spiro atoms. The average molecular weight is 216 g/mol. The fourth-order valence-corrected chi connectivity index (χ4v) is 1.10. The van der Waals surface area contributed by atoms with Crippen molar-refractivity contribution in [3.05, 3.63) is 29.3 Å². The zero-order valence-electron chi connectivity index (χ0n) is 6.05. The fourth-order valence-electron chi connectivity index (χ4n) is 0.793. The predicted molar refractivity (Wildman–Crippen MR) is 48.0 cm³/mol. The molecular formula is C7H10BrN3. The lowest BCUT2D eigenvalue weighted by molar-refractivity contribution is 0.693. The molecule has 1 unspecified atom stereocenters. The van der Waals surface area contributed by atoms with Crippen LogP contribution in [0.4, 0.5) is 0 Å². The van der Waals surface area contributed by atoms with E-state index in [9.17, 15) is 0 Å². The van der Waals surface area contributed by atoms with Crippen molar-refractivity contribution in [1.82, 2.24) is 9.97 Å². The van der Waals surface area contributed by atoms with Gasteiger partial charge in [-0.2, -0.15) is 0 Å². The average Bonchev–Trinajstić information content (AvgIpc) is 2.36. The van der Waals surface area contributed by atoms with Gasteiger partial charge < -0.3 is 10.7 Å². The molecule has 11 heavy (non-hydrogen) atoms. The number of nitrogens with two attached hydrogens (primary N) is 1. The molecule has 1 heterocycles. The van der Waals surface area contributed by atoms with Crippen LogP contribution >= 0.6 is 15.9 Å². The van der Waals surface area contributed by atoms with Crippen molar-refractivity contribution in [2.75, 3.05) is 0 Å². The minimum absolute atomic E-state index is 0.0706. The van der Waals surface area contributed by atoms with E-state index in [1.54, 1.807) is 12.3 Å². The Bertz CT molecular complexity index is 244. The predicted octanol–water partition coefficient (Wildman–Crippen LogP) is 1.75. The molecule has 0 radical (unpaired) electrons. The molecule has 0 bridgehead atoms. The number of aromatic nitrogens is 2. The number of nitrogens with zero attached hydrogens (tertiary/aromatic N) is 1. The summed E-state index contributed by atoms with van der Waals surface area (Å²) in [5, 5.41) is 0. The molecule has 0 aromatic carbocycles. The summed E-state index contributed by atoms with van der Waals surface area (Å²) in [6.45, 7) is 3.60. The summed E-state index contributed by atoms with van der Waals surface area (Å²) in [5.41, 5.74) is 5.73. The standard InChI is InChI=1S/C7H10BrN3/c1-2-3-5(9)7-10-4-6(8)11-7/h2,4-5H,1,3,9H2,(H,10,11). The summed E-state index contributed by atoms with van der Waals surface area (Å²) in [6, 6.07) is -0.0706. The third-order valence-electron chi connectivity index (χ3n) is 1.34. The Kier molecular flexibility index (Phi) is 2.84. The third kappa shape index (κ3) is 2.17. The van der Waals surface area contributed by atoms with Gasteiger partial charge in [0.25, 0.3) is 0 Å².